The Kier molecular flexibility index (Phi) is 4.71. The van der Waals surface area contributed by atoms with Gasteiger partial charge in [-0.25, -0.2) is 0 Å². The molecule has 154 valence electrons. The van der Waals surface area contributed by atoms with Crippen LogP contribution >= 0.6 is 11.6 Å². The summed E-state index contributed by atoms with van der Waals surface area (Å²) in [6, 6.07) is 16.3. The molecule has 0 aliphatic carbocycles. The highest BCUT2D eigenvalue weighted by Crippen LogP contribution is 2.45. The lowest BCUT2D eigenvalue weighted by Crippen LogP contribution is -2.29. The summed E-state index contributed by atoms with van der Waals surface area (Å²) < 4.78 is 0. The second-order valence-electron chi connectivity index (χ2n) is 7.63. The third-order valence-corrected chi connectivity index (χ3v) is 5.78. The van der Waals surface area contributed by atoms with E-state index in [0.29, 0.717) is 28.5 Å². The molecule has 7 heteroatoms. The van der Waals surface area contributed by atoms with Crippen molar-refractivity contribution in [1.82, 2.24) is 20.1 Å². The second kappa shape index (κ2) is 7.56. The number of aromatic amines is 1. The molecule has 2 N–H and O–H groups in total. The van der Waals surface area contributed by atoms with Gasteiger partial charge < -0.3 is 10.0 Å². The van der Waals surface area contributed by atoms with E-state index in [-0.39, 0.29) is 17.7 Å². The van der Waals surface area contributed by atoms with E-state index in [4.69, 9.17) is 11.6 Å². The maximum Gasteiger partial charge on any atom is 0.273 e. The van der Waals surface area contributed by atoms with Crippen molar-refractivity contribution < 1.29 is 9.90 Å². The number of hydrogen-bond donors (Lipinski definition) is 2. The lowest BCUT2D eigenvalue weighted by Gasteiger charge is -2.26. The van der Waals surface area contributed by atoms with Crippen LogP contribution in [0.4, 0.5) is 0 Å². The summed E-state index contributed by atoms with van der Waals surface area (Å²) in [5, 5.41) is 18.2. The van der Waals surface area contributed by atoms with Gasteiger partial charge in [-0.1, -0.05) is 47.5 Å². The predicted molar refractivity (Wildman–Crippen MR) is 118 cm³/mol. The van der Waals surface area contributed by atoms with E-state index in [1.807, 2.05) is 43.3 Å². The van der Waals surface area contributed by atoms with Gasteiger partial charge in [-0.15, -0.1) is 0 Å². The van der Waals surface area contributed by atoms with Crippen LogP contribution in [0.25, 0.3) is 11.3 Å². The highest BCUT2D eigenvalue weighted by Gasteiger charge is 2.42. The smallest absolute Gasteiger partial charge is 0.273 e. The van der Waals surface area contributed by atoms with Crippen LogP contribution in [0.1, 0.15) is 38.8 Å². The first kappa shape index (κ1) is 19.3. The number of nitrogens with one attached hydrogen (secondary N) is 1. The number of pyridine rings is 1. The number of hydrogen-bond acceptors (Lipinski definition) is 4. The fraction of sp³-hybridized carbons (Fsp3) is 0.125. The van der Waals surface area contributed by atoms with E-state index in [1.165, 1.54) is 6.07 Å². The molecule has 31 heavy (non-hydrogen) atoms. The molecule has 5 rings (SSSR count). The third-order valence-electron chi connectivity index (χ3n) is 5.55. The highest BCUT2D eigenvalue weighted by molar-refractivity contribution is 6.31. The van der Waals surface area contributed by atoms with Crippen molar-refractivity contribution >= 4 is 17.5 Å². The zero-order valence-electron chi connectivity index (χ0n) is 16.7. The van der Waals surface area contributed by atoms with Crippen LogP contribution in [-0.4, -0.2) is 31.1 Å². The first-order valence-electron chi connectivity index (χ1n) is 9.86. The van der Waals surface area contributed by atoms with E-state index in [1.54, 1.807) is 29.4 Å². The Hall–Kier alpha value is -3.64. The highest BCUT2D eigenvalue weighted by atomic mass is 35.5. The van der Waals surface area contributed by atoms with Crippen LogP contribution in [0.15, 0.2) is 67.0 Å². The van der Waals surface area contributed by atoms with Gasteiger partial charge in [-0.2, -0.15) is 5.10 Å². The standard InChI is InChI=1S/C24H19ClN4O2/c1-14-4-6-16(7-5-14)23-20-21(18-11-17(25)8-9-19(18)30)27-28-22(20)24(31)29(23)13-15-3-2-10-26-12-15/h2-12,23,30H,13H2,1H3,(H,27,28). The summed E-state index contributed by atoms with van der Waals surface area (Å²) in [6.45, 7) is 2.42. The van der Waals surface area contributed by atoms with Crippen molar-refractivity contribution in [3.8, 4) is 17.0 Å². The van der Waals surface area contributed by atoms with Gasteiger partial charge in [0.1, 0.15) is 17.1 Å². The molecular formula is C24H19ClN4O2. The molecule has 2 aromatic carbocycles. The lowest BCUT2D eigenvalue weighted by atomic mass is 9.95. The zero-order valence-corrected chi connectivity index (χ0v) is 17.5. The van der Waals surface area contributed by atoms with Crippen molar-refractivity contribution in [3.05, 3.63) is 100.0 Å². The number of aryl methyl sites for hydroxylation is 1. The van der Waals surface area contributed by atoms with Crippen molar-refractivity contribution in [2.45, 2.75) is 19.5 Å². The van der Waals surface area contributed by atoms with Gasteiger partial charge in [0.2, 0.25) is 0 Å². The van der Waals surface area contributed by atoms with Crippen LogP contribution < -0.4 is 0 Å². The quantitative estimate of drug-likeness (QED) is 0.483. The minimum atomic E-state index is -0.365. The molecule has 0 fully saturated rings. The normalized spacial score (nSPS) is 15.4. The van der Waals surface area contributed by atoms with Crippen LogP contribution in [0.2, 0.25) is 5.02 Å². The first-order valence-corrected chi connectivity index (χ1v) is 10.2. The monoisotopic (exact) mass is 430 g/mol. The summed E-state index contributed by atoms with van der Waals surface area (Å²) in [7, 11) is 0. The first-order chi connectivity index (χ1) is 15.0. The Balaban J connectivity index is 1.68. The fourth-order valence-corrected chi connectivity index (χ4v) is 4.22. The third kappa shape index (κ3) is 3.35. The van der Waals surface area contributed by atoms with Gasteiger partial charge in [0.15, 0.2) is 0 Å². The molecular weight excluding hydrogens is 412 g/mol. The molecule has 1 amide bonds. The molecule has 0 radical (unpaired) electrons. The summed E-state index contributed by atoms with van der Waals surface area (Å²) >= 11 is 6.19. The number of rotatable bonds is 4. The molecule has 0 spiro atoms. The van der Waals surface area contributed by atoms with Gasteiger partial charge in [-0.05, 0) is 42.3 Å². The second-order valence-corrected chi connectivity index (χ2v) is 8.07. The number of aromatic hydroxyl groups is 1. The molecule has 1 aliphatic heterocycles. The Morgan fingerprint density at radius 1 is 1.16 bits per heavy atom. The van der Waals surface area contributed by atoms with Crippen LogP contribution in [0.5, 0.6) is 5.75 Å². The molecule has 6 nitrogen and oxygen atoms in total. The molecule has 1 atom stereocenters. The van der Waals surface area contributed by atoms with Crippen LogP contribution in [0.3, 0.4) is 0 Å². The van der Waals surface area contributed by atoms with Crippen molar-refractivity contribution in [1.29, 1.82) is 0 Å². The van der Waals surface area contributed by atoms with Crippen molar-refractivity contribution in [2.75, 3.05) is 0 Å². The SMILES string of the molecule is Cc1ccc(C2c3c(-c4cc(Cl)ccc4O)n[nH]c3C(=O)N2Cc2cccnc2)cc1. The molecule has 2 aromatic heterocycles. The maximum atomic E-state index is 13.4. The fourth-order valence-electron chi connectivity index (χ4n) is 4.05. The zero-order chi connectivity index (χ0) is 21.5. The van der Waals surface area contributed by atoms with Gasteiger partial charge in [-0.3, -0.25) is 14.9 Å². The Labute approximate surface area is 184 Å². The van der Waals surface area contributed by atoms with E-state index in [9.17, 15) is 9.90 Å². The minimum absolute atomic E-state index is 0.0551. The van der Waals surface area contributed by atoms with E-state index >= 15 is 0 Å². The molecule has 0 saturated heterocycles. The van der Waals surface area contributed by atoms with Gasteiger partial charge in [0.05, 0.1) is 6.04 Å². The van der Waals surface area contributed by atoms with Crippen LogP contribution in [-0.2, 0) is 6.54 Å². The number of amides is 1. The summed E-state index contributed by atoms with van der Waals surface area (Å²) in [4.78, 5) is 19.4. The lowest BCUT2D eigenvalue weighted by molar-refractivity contribution is 0.0730. The van der Waals surface area contributed by atoms with E-state index in [2.05, 4.69) is 15.2 Å². The number of phenols is 1. The Bertz CT molecular complexity index is 1270. The molecule has 3 heterocycles. The Morgan fingerprint density at radius 2 is 1.97 bits per heavy atom. The summed E-state index contributed by atoms with van der Waals surface area (Å²) in [6.07, 6.45) is 3.47. The number of carbonyl (C=O) groups is 1. The minimum Gasteiger partial charge on any atom is -0.507 e. The largest absolute Gasteiger partial charge is 0.507 e. The number of H-pyrrole nitrogens is 1. The maximum absolute atomic E-state index is 13.4. The molecule has 1 aliphatic rings. The number of phenolic OH excluding ortho intramolecular Hbond substituents is 1. The number of fused-ring (bicyclic) bond motifs is 1. The molecule has 0 saturated carbocycles. The topological polar surface area (TPSA) is 82.1 Å². The number of nitrogens with zero attached hydrogens (tertiary/aromatic N) is 3. The number of halogens is 1. The molecule has 1 unspecified atom stereocenters. The summed E-state index contributed by atoms with van der Waals surface area (Å²) in [5.41, 5.74) is 5.18. The van der Waals surface area contributed by atoms with E-state index < -0.39 is 0 Å². The van der Waals surface area contributed by atoms with Gasteiger partial charge in [0.25, 0.3) is 5.91 Å². The average molecular weight is 431 g/mol. The van der Waals surface area contributed by atoms with Crippen molar-refractivity contribution in [3.63, 3.8) is 0 Å². The van der Waals surface area contributed by atoms with Gasteiger partial charge >= 0.3 is 0 Å². The number of carbonyl (C=O) groups excluding carboxylic acids is 1. The predicted octanol–water partition coefficient (Wildman–Crippen LogP) is 4.88. The molecule has 0 bridgehead atoms. The Morgan fingerprint density at radius 3 is 2.71 bits per heavy atom. The van der Waals surface area contributed by atoms with E-state index in [0.717, 1.165) is 22.3 Å². The molecule has 4 aromatic rings. The van der Waals surface area contributed by atoms with Crippen molar-refractivity contribution in [2.24, 2.45) is 0 Å². The number of benzene rings is 2. The average Bonchev–Trinajstić information content (AvgIpc) is 3.31. The number of aromatic nitrogens is 3. The summed E-state index contributed by atoms with van der Waals surface area (Å²) in [5.74, 6) is -0.0933. The van der Waals surface area contributed by atoms with Crippen LogP contribution in [0, 0.1) is 6.92 Å². The van der Waals surface area contributed by atoms with Gasteiger partial charge in [0, 0.05) is 35.1 Å².